The number of anilines is 1. The van der Waals surface area contributed by atoms with Crippen LogP contribution in [0.5, 0.6) is 5.75 Å². The van der Waals surface area contributed by atoms with E-state index in [1.54, 1.807) is 55.5 Å². The molecule has 28 heavy (non-hydrogen) atoms. The van der Waals surface area contributed by atoms with Crippen molar-refractivity contribution in [3.8, 4) is 5.75 Å². The van der Waals surface area contributed by atoms with Gasteiger partial charge in [-0.25, -0.2) is 0 Å². The van der Waals surface area contributed by atoms with E-state index < -0.39 is 6.10 Å². The molecule has 1 aliphatic rings. The lowest BCUT2D eigenvalue weighted by Crippen LogP contribution is -2.34. The summed E-state index contributed by atoms with van der Waals surface area (Å²) in [5.74, 6) is -0.209. The third-order valence-electron chi connectivity index (χ3n) is 4.45. The lowest BCUT2D eigenvalue weighted by Gasteiger charge is -2.17. The monoisotopic (exact) mass is 402 g/mol. The summed E-state index contributed by atoms with van der Waals surface area (Å²) in [6, 6.07) is 13.8. The summed E-state index contributed by atoms with van der Waals surface area (Å²) >= 11 is 6.07. The van der Waals surface area contributed by atoms with Gasteiger partial charge in [0.1, 0.15) is 5.75 Å². The van der Waals surface area contributed by atoms with Gasteiger partial charge in [-0.1, -0.05) is 35.9 Å². The first-order chi connectivity index (χ1) is 13.5. The Kier molecular flexibility index (Phi) is 6.90. The number of benzene rings is 2. The summed E-state index contributed by atoms with van der Waals surface area (Å²) in [5, 5.41) is 6.05. The van der Waals surface area contributed by atoms with Gasteiger partial charge in [0, 0.05) is 13.2 Å². The van der Waals surface area contributed by atoms with Gasteiger partial charge in [0.25, 0.3) is 11.8 Å². The zero-order chi connectivity index (χ0) is 19.9. The van der Waals surface area contributed by atoms with E-state index in [0.717, 1.165) is 19.4 Å². The summed E-state index contributed by atoms with van der Waals surface area (Å²) in [5.41, 5.74) is 0.811. The molecule has 2 aromatic carbocycles. The molecule has 0 radical (unpaired) electrons. The molecule has 1 saturated heterocycles. The fourth-order valence-electron chi connectivity index (χ4n) is 2.92. The zero-order valence-corrected chi connectivity index (χ0v) is 16.4. The Hall–Kier alpha value is -2.57. The number of amides is 2. The van der Waals surface area contributed by atoms with Crippen LogP contribution < -0.4 is 15.4 Å². The van der Waals surface area contributed by atoms with Crippen molar-refractivity contribution in [1.29, 1.82) is 0 Å². The van der Waals surface area contributed by atoms with Crippen molar-refractivity contribution < 1.29 is 19.1 Å². The van der Waals surface area contributed by atoms with Gasteiger partial charge in [-0.05, 0) is 44.0 Å². The number of carbonyl (C=O) groups is 2. The van der Waals surface area contributed by atoms with E-state index in [1.807, 2.05) is 0 Å². The van der Waals surface area contributed by atoms with Gasteiger partial charge in [-0.3, -0.25) is 9.59 Å². The van der Waals surface area contributed by atoms with Crippen LogP contribution in [0.15, 0.2) is 48.5 Å². The van der Waals surface area contributed by atoms with Gasteiger partial charge in [0.15, 0.2) is 6.10 Å². The molecule has 2 N–H and O–H groups in total. The Morgan fingerprint density at radius 2 is 1.96 bits per heavy atom. The minimum atomic E-state index is -0.789. The lowest BCUT2D eigenvalue weighted by atomic mass is 10.1. The second kappa shape index (κ2) is 9.57. The lowest BCUT2D eigenvalue weighted by molar-refractivity contribution is -0.122. The van der Waals surface area contributed by atoms with E-state index in [9.17, 15) is 9.59 Å². The van der Waals surface area contributed by atoms with Crippen molar-refractivity contribution in [2.75, 3.05) is 18.5 Å². The maximum Gasteiger partial charge on any atom is 0.265 e. The molecule has 2 aromatic rings. The first-order valence-corrected chi connectivity index (χ1v) is 9.63. The van der Waals surface area contributed by atoms with Crippen LogP contribution in [-0.2, 0) is 9.53 Å². The Morgan fingerprint density at radius 1 is 1.21 bits per heavy atom. The quantitative estimate of drug-likeness (QED) is 0.741. The third kappa shape index (κ3) is 5.24. The van der Waals surface area contributed by atoms with Crippen LogP contribution in [0.3, 0.4) is 0 Å². The minimum Gasteiger partial charge on any atom is -0.479 e. The van der Waals surface area contributed by atoms with Crippen molar-refractivity contribution in [2.45, 2.75) is 32.0 Å². The topological polar surface area (TPSA) is 76.7 Å². The number of hydrogen-bond acceptors (Lipinski definition) is 4. The second-order valence-corrected chi connectivity index (χ2v) is 6.98. The molecular formula is C21H23ClN2O4. The van der Waals surface area contributed by atoms with Crippen molar-refractivity contribution in [3.63, 3.8) is 0 Å². The highest BCUT2D eigenvalue weighted by atomic mass is 35.5. The second-order valence-electron chi connectivity index (χ2n) is 6.57. The summed E-state index contributed by atoms with van der Waals surface area (Å²) in [6.07, 6.45) is 1.21. The van der Waals surface area contributed by atoms with E-state index in [-0.39, 0.29) is 17.9 Å². The number of nitrogens with one attached hydrogen (secondary N) is 2. The van der Waals surface area contributed by atoms with E-state index in [4.69, 9.17) is 21.1 Å². The highest BCUT2D eigenvalue weighted by molar-refractivity contribution is 6.32. The molecule has 0 aliphatic carbocycles. The number of ether oxygens (including phenoxy) is 2. The van der Waals surface area contributed by atoms with Crippen LogP contribution in [0.1, 0.15) is 30.1 Å². The van der Waals surface area contributed by atoms with Crippen molar-refractivity contribution in [1.82, 2.24) is 5.32 Å². The fourth-order valence-corrected chi connectivity index (χ4v) is 3.10. The molecule has 2 amide bonds. The van der Waals surface area contributed by atoms with Gasteiger partial charge in [-0.2, -0.15) is 0 Å². The van der Waals surface area contributed by atoms with Crippen molar-refractivity contribution in [2.24, 2.45) is 0 Å². The third-order valence-corrected chi connectivity index (χ3v) is 4.77. The van der Waals surface area contributed by atoms with Gasteiger partial charge in [0.2, 0.25) is 0 Å². The highest BCUT2D eigenvalue weighted by Crippen LogP contribution is 2.24. The molecule has 148 valence electrons. The van der Waals surface area contributed by atoms with Crippen LogP contribution in [-0.4, -0.2) is 37.2 Å². The standard InChI is InChI=1S/C21H23ClN2O4/c1-14(28-19-11-5-3-9-17(19)22)20(25)24-18-10-4-2-8-16(18)21(26)23-13-15-7-6-12-27-15/h2-5,8-11,14-15H,6-7,12-13H2,1H3,(H,23,26)(H,24,25)/t14-,15+/m1/s1. The first-order valence-electron chi connectivity index (χ1n) is 9.25. The molecule has 7 heteroatoms. The van der Waals surface area contributed by atoms with Gasteiger partial charge in [-0.15, -0.1) is 0 Å². The highest BCUT2D eigenvalue weighted by Gasteiger charge is 2.21. The smallest absolute Gasteiger partial charge is 0.265 e. The molecule has 6 nitrogen and oxygen atoms in total. The Balaban J connectivity index is 1.62. The molecule has 0 aromatic heterocycles. The zero-order valence-electron chi connectivity index (χ0n) is 15.6. The predicted octanol–water partition coefficient (Wildman–Crippen LogP) is 3.65. The van der Waals surface area contributed by atoms with Crippen molar-refractivity contribution in [3.05, 3.63) is 59.1 Å². The molecule has 1 aliphatic heterocycles. The number of para-hydroxylation sites is 2. The fraction of sp³-hybridized carbons (Fsp3) is 0.333. The first kappa shape index (κ1) is 20.2. The number of hydrogen-bond donors (Lipinski definition) is 2. The Morgan fingerprint density at radius 3 is 2.71 bits per heavy atom. The van der Waals surface area contributed by atoms with Crippen LogP contribution in [0.4, 0.5) is 5.69 Å². The number of carbonyl (C=O) groups excluding carboxylic acids is 2. The molecule has 0 spiro atoms. The molecule has 1 fully saturated rings. The SMILES string of the molecule is C[C@@H](Oc1ccccc1Cl)C(=O)Nc1ccccc1C(=O)NC[C@@H]1CCCO1. The Bertz CT molecular complexity index is 837. The summed E-state index contributed by atoms with van der Waals surface area (Å²) < 4.78 is 11.2. The van der Waals surface area contributed by atoms with Crippen LogP contribution in [0, 0.1) is 0 Å². The number of halogens is 1. The van der Waals surface area contributed by atoms with Crippen LogP contribution >= 0.6 is 11.6 Å². The van der Waals surface area contributed by atoms with E-state index >= 15 is 0 Å². The molecular weight excluding hydrogens is 380 g/mol. The summed E-state index contributed by atoms with van der Waals surface area (Å²) in [4.78, 5) is 25.1. The van der Waals surface area contributed by atoms with Gasteiger partial charge < -0.3 is 20.1 Å². The maximum absolute atomic E-state index is 12.5. The molecule has 2 atom stereocenters. The predicted molar refractivity (Wildman–Crippen MR) is 108 cm³/mol. The molecule has 0 unspecified atom stereocenters. The largest absolute Gasteiger partial charge is 0.479 e. The molecule has 3 rings (SSSR count). The van der Waals surface area contributed by atoms with Crippen molar-refractivity contribution >= 4 is 29.1 Å². The van der Waals surface area contributed by atoms with E-state index in [2.05, 4.69) is 10.6 Å². The van der Waals surface area contributed by atoms with E-state index in [0.29, 0.717) is 28.6 Å². The van der Waals surface area contributed by atoms with Gasteiger partial charge in [0.05, 0.1) is 22.4 Å². The summed E-state index contributed by atoms with van der Waals surface area (Å²) in [7, 11) is 0. The average molecular weight is 403 g/mol. The Labute approximate surface area is 169 Å². The van der Waals surface area contributed by atoms with Gasteiger partial charge >= 0.3 is 0 Å². The molecule has 0 bridgehead atoms. The number of rotatable bonds is 7. The van der Waals surface area contributed by atoms with E-state index in [1.165, 1.54) is 0 Å². The van der Waals surface area contributed by atoms with Crippen LogP contribution in [0.25, 0.3) is 0 Å². The normalized spacial score (nSPS) is 17.0. The minimum absolute atomic E-state index is 0.0507. The maximum atomic E-state index is 12.5. The molecule has 0 saturated carbocycles. The molecule has 1 heterocycles. The average Bonchev–Trinajstić information content (AvgIpc) is 3.22. The summed E-state index contributed by atoms with van der Waals surface area (Å²) in [6.45, 7) is 2.81. The van der Waals surface area contributed by atoms with Crippen LogP contribution in [0.2, 0.25) is 5.02 Å².